The highest BCUT2D eigenvalue weighted by Gasteiger charge is 2.77. The molecule has 7 nitrogen and oxygen atoms in total. The van der Waals surface area contributed by atoms with E-state index in [0.29, 0.717) is 26.2 Å². The number of fused-ring (bicyclic) bond motifs is 1. The SMILES string of the molecule is C=CCN(Cc1ccccc1)C(=O)C1N([C@@H](CO)C(C)C)C(=O)[C@@H]2[C@@H](C(=O)N(CC=C)CCC)[C@H]3CC(C)C12S3. The Balaban J connectivity index is 1.81. The third-order valence-electron chi connectivity index (χ3n) is 9.05. The molecule has 3 aliphatic heterocycles. The van der Waals surface area contributed by atoms with Crippen LogP contribution in [0.1, 0.15) is 46.1 Å². The molecule has 2 bridgehead atoms. The molecule has 0 aliphatic carbocycles. The molecule has 3 heterocycles. The molecule has 1 spiro atoms. The molecular formula is C32H45N3O4S. The molecule has 3 fully saturated rings. The molecule has 4 rings (SSSR count). The topological polar surface area (TPSA) is 81.2 Å². The number of rotatable bonds is 13. The van der Waals surface area contributed by atoms with Crippen molar-refractivity contribution in [3.63, 3.8) is 0 Å². The predicted octanol–water partition coefficient (Wildman–Crippen LogP) is 3.98. The maximum Gasteiger partial charge on any atom is 0.247 e. The summed E-state index contributed by atoms with van der Waals surface area (Å²) in [5, 5.41) is 10.5. The Kier molecular flexibility index (Phi) is 9.51. The maximum absolute atomic E-state index is 14.7. The first kappa shape index (κ1) is 30.4. The first-order valence-electron chi connectivity index (χ1n) is 14.6. The minimum Gasteiger partial charge on any atom is -0.394 e. The second kappa shape index (κ2) is 12.5. The summed E-state index contributed by atoms with van der Waals surface area (Å²) in [5.74, 6) is -1.42. The normalized spacial score (nSPS) is 29.4. The van der Waals surface area contributed by atoms with Gasteiger partial charge in [-0.3, -0.25) is 14.4 Å². The fourth-order valence-corrected chi connectivity index (χ4v) is 9.69. The number of thioether (sulfide) groups is 1. The lowest BCUT2D eigenvalue weighted by Crippen LogP contribution is -2.60. The lowest BCUT2D eigenvalue weighted by molar-refractivity contribution is -0.148. The molecule has 3 aliphatic rings. The molecule has 0 aromatic heterocycles. The van der Waals surface area contributed by atoms with Crippen LogP contribution in [0.3, 0.4) is 0 Å². The number of aliphatic hydroxyl groups excluding tert-OH is 1. The summed E-state index contributed by atoms with van der Waals surface area (Å²) in [5.41, 5.74) is 0.995. The van der Waals surface area contributed by atoms with Crippen LogP contribution in [0.5, 0.6) is 0 Å². The fraction of sp³-hybridized carbons (Fsp3) is 0.594. The number of likely N-dealkylation sites (tertiary alicyclic amines) is 1. The predicted molar refractivity (Wildman–Crippen MR) is 160 cm³/mol. The molecule has 3 amide bonds. The lowest BCUT2D eigenvalue weighted by Gasteiger charge is -2.43. The van der Waals surface area contributed by atoms with E-state index in [1.807, 2.05) is 56.0 Å². The molecule has 0 saturated carbocycles. The lowest BCUT2D eigenvalue weighted by atomic mass is 9.65. The number of carbonyl (C=O) groups is 3. The first-order valence-corrected chi connectivity index (χ1v) is 15.5. The van der Waals surface area contributed by atoms with Gasteiger partial charge in [0.25, 0.3) is 0 Å². The monoisotopic (exact) mass is 567 g/mol. The van der Waals surface area contributed by atoms with Gasteiger partial charge in [-0.15, -0.1) is 24.9 Å². The Bertz CT molecular complexity index is 1110. The van der Waals surface area contributed by atoms with E-state index in [2.05, 4.69) is 20.1 Å². The number of nitrogens with zero attached hydrogens (tertiary/aromatic N) is 3. The van der Waals surface area contributed by atoms with Crippen molar-refractivity contribution in [2.75, 3.05) is 26.2 Å². The number of hydrogen-bond acceptors (Lipinski definition) is 5. The number of benzene rings is 1. The average molecular weight is 568 g/mol. The van der Waals surface area contributed by atoms with Gasteiger partial charge in [-0.2, -0.15) is 0 Å². The van der Waals surface area contributed by atoms with Crippen molar-refractivity contribution in [2.45, 2.75) is 69.2 Å². The zero-order chi connectivity index (χ0) is 29.2. The highest BCUT2D eigenvalue weighted by Crippen LogP contribution is 2.69. The average Bonchev–Trinajstić information content (AvgIpc) is 3.52. The largest absolute Gasteiger partial charge is 0.394 e. The third-order valence-corrected chi connectivity index (χ3v) is 11.1. The molecule has 218 valence electrons. The molecule has 7 atom stereocenters. The Morgan fingerprint density at radius 3 is 2.38 bits per heavy atom. The summed E-state index contributed by atoms with van der Waals surface area (Å²) in [6, 6.07) is 8.53. The summed E-state index contributed by atoms with van der Waals surface area (Å²) in [6.45, 7) is 17.4. The molecule has 3 unspecified atom stereocenters. The van der Waals surface area contributed by atoms with E-state index in [-0.39, 0.29) is 41.4 Å². The molecule has 8 heteroatoms. The third kappa shape index (κ3) is 5.02. The van der Waals surface area contributed by atoms with Crippen LogP contribution in [0.15, 0.2) is 55.6 Å². The van der Waals surface area contributed by atoms with Gasteiger partial charge in [0, 0.05) is 31.4 Å². The van der Waals surface area contributed by atoms with Gasteiger partial charge in [0.2, 0.25) is 17.7 Å². The van der Waals surface area contributed by atoms with E-state index in [9.17, 15) is 19.5 Å². The van der Waals surface area contributed by atoms with E-state index < -0.39 is 28.7 Å². The standard InChI is InChI=1S/C32H45N3O4S/c1-7-15-33(16-8-2)29(37)26-25-18-22(6)32(40-25)27(26)30(38)35(24(20-36)21(4)5)28(32)31(39)34(17-9-3)19-23-13-11-10-12-14-23/h7,9-14,21-22,24-28,36H,1,3,8,15-20H2,2,4-6H3/t22?,24-,25+,26-,27-,28?,32?/m0/s1. The van der Waals surface area contributed by atoms with Gasteiger partial charge in [-0.1, -0.05) is 70.2 Å². The molecular weight excluding hydrogens is 522 g/mol. The summed E-state index contributed by atoms with van der Waals surface area (Å²) >= 11 is 1.68. The van der Waals surface area contributed by atoms with Crippen LogP contribution in [0.4, 0.5) is 0 Å². The zero-order valence-corrected chi connectivity index (χ0v) is 25.2. The quantitative estimate of drug-likeness (QED) is 0.365. The Morgan fingerprint density at radius 1 is 1.15 bits per heavy atom. The van der Waals surface area contributed by atoms with Crippen molar-refractivity contribution in [1.29, 1.82) is 0 Å². The Hall–Kier alpha value is -2.58. The maximum atomic E-state index is 14.7. The summed E-state index contributed by atoms with van der Waals surface area (Å²) in [7, 11) is 0. The van der Waals surface area contributed by atoms with E-state index in [1.54, 1.807) is 33.7 Å². The van der Waals surface area contributed by atoms with Crippen LogP contribution in [-0.4, -0.2) is 85.8 Å². The van der Waals surface area contributed by atoms with E-state index >= 15 is 0 Å². The Labute approximate surface area is 243 Å². The van der Waals surface area contributed by atoms with Crippen molar-refractivity contribution in [3.05, 3.63) is 61.2 Å². The highest BCUT2D eigenvalue weighted by molar-refractivity contribution is 8.02. The molecule has 1 aromatic carbocycles. The molecule has 0 radical (unpaired) electrons. The first-order chi connectivity index (χ1) is 19.2. The highest BCUT2D eigenvalue weighted by atomic mass is 32.2. The van der Waals surface area contributed by atoms with Crippen molar-refractivity contribution in [2.24, 2.45) is 23.7 Å². The summed E-state index contributed by atoms with van der Waals surface area (Å²) < 4.78 is -0.732. The van der Waals surface area contributed by atoms with Gasteiger partial charge < -0.3 is 19.8 Å². The van der Waals surface area contributed by atoms with Crippen LogP contribution in [-0.2, 0) is 20.9 Å². The molecule has 3 saturated heterocycles. The molecule has 40 heavy (non-hydrogen) atoms. The van der Waals surface area contributed by atoms with Crippen LogP contribution < -0.4 is 0 Å². The molecule has 1 aromatic rings. The number of carbonyl (C=O) groups excluding carboxylic acids is 3. The van der Waals surface area contributed by atoms with Gasteiger partial charge in [-0.25, -0.2) is 0 Å². The summed E-state index contributed by atoms with van der Waals surface area (Å²) in [6.07, 6.45) is 5.05. The summed E-state index contributed by atoms with van der Waals surface area (Å²) in [4.78, 5) is 48.6. The molecule has 1 N–H and O–H groups in total. The smallest absolute Gasteiger partial charge is 0.247 e. The number of aliphatic hydroxyl groups is 1. The minimum absolute atomic E-state index is 0.0169. The van der Waals surface area contributed by atoms with Gasteiger partial charge >= 0.3 is 0 Å². The van der Waals surface area contributed by atoms with E-state index in [4.69, 9.17) is 0 Å². The van der Waals surface area contributed by atoms with Crippen LogP contribution in [0, 0.1) is 23.7 Å². The van der Waals surface area contributed by atoms with Crippen molar-refractivity contribution < 1.29 is 19.5 Å². The second-order valence-electron chi connectivity index (χ2n) is 11.9. The fourth-order valence-electron chi connectivity index (χ4n) is 7.29. The van der Waals surface area contributed by atoms with Crippen molar-refractivity contribution in [3.8, 4) is 0 Å². The van der Waals surface area contributed by atoms with E-state index in [0.717, 1.165) is 18.4 Å². The van der Waals surface area contributed by atoms with Gasteiger partial charge in [-0.05, 0) is 30.2 Å². The van der Waals surface area contributed by atoms with Crippen molar-refractivity contribution >= 4 is 29.5 Å². The number of hydrogen-bond donors (Lipinski definition) is 1. The zero-order valence-electron chi connectivity index (χ0n) is 24.4. The van der Waals surface area contributed by atoms with Gasteiger partial charge in [0.1, 0.15) is 6.04 Å². The van der Waals surface area contributed by atoms with Crippen LogP contribution >= 0.6 is 11.8 Å². The minimum atomic E-state index is -0.768. The van der Waals surface area contributed by atoms with Gasteiger partial charge in [0.15, 0.2) is 0 Å². The van der Waals surface area contributed by atoms with Crippen LogP contribution in [0.2, 0.25) is 0 Å². The van der Waals surface area contributed by atoms with E-state index in [1.165, 1.54) is 0 Å². The van der Waals surface area contributed by atoms with Crippen LogP contribution in [0.25, 0.3) is 0 Å². The van der Waals surface area contributed by atoms with Crippen molar-refractivity contribution in [1.82, 2.24) is 14.7 Å². The Morgan fingerprint density at radius 2 is 1.80 bits per heavy atom. The number of amides is 3. The van der Waals surface area contributed by atoms with Gasteiger partial charge in [0.05, 0.1) is 29.2 Å². The second-order valence-corrected chi connectivity index (χ2v) is 13.4.